The summed E-state index contributed by atoms with van der Waals surface area (Å²) < 4.78 is 6.07. The molecule has 3 heterocycles. The lowest BCUT2D eigenvalue weighted by molar-refractivity contribution is -0.150. The smallest absolute Gasteiger partial charge is 0.262 e. The number of hydrogen-bond acceptors (Lipinski definition) is 10. The van der Waals surface area contributed by atoms with Gasteiger partial charge in [0.2, 0.25) is 11.8 Å². The maximum atomic E-state index is 13.3. The zero-order chi connectivity index (χ0) is 37.8. The third-order valence-electron chi connectivity index (χ3n) is 11.0. The zero-order valence-electron chi connectivity index (χ0n) is 30.0. The van der Waals surface area contributed by atoms with Crippen molar-refractivity contribution in [2.45, 2.75) is 88.4 Å². The number of rotatable bonds is 11. The predicted octanol–water partition coefficient (Wildman–Crippen LogP) is 3.95. The number of amides is 5. The lowest BCUT2D eigenvalue weighted by atomic mass is 9.92. The molecule has 54 heavy (non-hydrogen) atoms. The van der Waals surface area contributed by atoms with Crippen molar-refractivity contribution in [2.75, 3.05) is 31.5 Å². The van der Waals surface area contributed by atoms with Crippen LogP contribution >= 0.6 is 11.6 Å². The molecule has 3 fully saturated rings. The Kier molecular flexibility index (Phi) is 11.3. The summed E-state index contributed by atoms with van der Waals surface area (Å²) in [7, 11) is 0. The third-order valence-corrected chi connectivity index (χ3v) is 11.3. The minimum absolute atomic E-state index is 0.0397. The highest BCUT2D eigenvalue weighted by Crippen LogP contribution is 2.36. The normalized spacial score (nSPS) is 23.4. The second kappa shape index (κ2) is 16.4. The Labute approximate surface area is 319 Å². The van der Waals surface area contributed by atoms with Gasteiger partial charge in [0, 0.05) is 73.3 Å². The maximum Gasteiger partial charge on any atom is 0.262 e. The molecular weight excluding hydrogens is 710 g/mol. The SMILES string of the molecule is N#Cc1ccc(OC2CCC(NC(=O)c3ccc(NCCNC4CCN(C5=CC6=C(CC5)C(=O)N(C5CCC(=O)NC5=O)C6=O)CC4)cc3)CC2)cc1Cl. The fraction of sp³-hybridized carbons (Fsp3) is 0.450. The Bertz CT molecular complexity index is 1920. The van der Waals surface area contributed by atoms with E-state index in [0.29, 0.717) is 51.9 Å². The molecule has 3 aliphatic heterocycles. The van der Waals surface area contributed by atoms with Crippen LogP contribution in [0.2, 0.25) is 5.02 Å². The number of hydrogen-bond donors (Lipinski definition) is 4. The number of halogens is 1. The van der Waals surface area contributed by atoms with E-state index in [2.05, 4.69) is 32.2 Å². The van der Waals surface area contributed by atoms with E-state index in [0.717, 1.165) is 81.0 Å². The number of nitrogens with zero attached hydrogens (tertiary/aromatic N) is 3. The lowest BCUT2D eigenvalue weighted by Gasteiger charge is -2.36. The van der Waals surface area contributed by atoms with Crippen molar-refractivity contribution in [3.8, 4) is 11.8 Å². The second-order valence-electron chi connectivity index (χ2n) is 14.5. The number of allylic oxidation sites excluding steroid dienone is 1. The van der Waals surface area contributed by atoms with Crippen LogP contribution in [0.1, 0.15) is 80.1 Å². The third kappa shape index (κ3) is 8.30. The summed E-state index contributed by atoms with van der Waals surface area (Å²) in [5, 5.41) is 21.9. The van der Waals surface area contributed by atoms with Crippen LogP contribution in [-0.2, 0) is 19.2 Å². The Hall–Kier alpha value is -5.19. The number of piperidine rings is 2. The van der Waals surface area contributed by atoms with Gasteiger partial charge in [-0.15, -0.1) is 0 Å². The van der Waals surface area contributed by atoms with Crippen LogP contribution < -0.4 is 26.0 Å². The van der Waals surface area contributed by atoms with E-state index in [4.69, 9.17) is 21.6 Å². The number of nitrogens with one attached hydrogen (secondary N) is 4. The van der Waals surface area contributed by atoms with E-state index in [1.54, 1.807) is 18.2 Å². The molecule has 7 rings (SSSR count). The van der Waals surface area contributed by atoms with E-state index in [9.17, 15) is 24.0 Å². The molecule has 2 aromatic carbocycles. The zero-order valence-corrected chi connectivity index (χ0v) is 30.8. The summed E-state index contributed by atoms with van der Waals surface area (Å²) in [6.07, 6.45) is 8.42. The number of ether oxygens (including phenoxy) is 1. The number of benzene rings is 2. The Morgan fingerprint density at radius 1 is 0.889 bits per heavy atom. The first-order valence-corrected chi connectivity index (χ1v) is 19.2. The fourth-order valence-electron chi connectivity index (χ4n) is 7.99. The molecule has 0 radical (unpaired) electrons. The topological polar surface area (TPSA) is 173 Å². The van der Waals surface area contributed by atoms with Gasteiger partial charge in [0.15, 0.2) is 0 Å². The molecule has 2 saturated heterocycles. The van der Waals surface area contributed by atoms with Gasteiger partial charge in [0.05, 0.1) is 22.3 Å². The van der Waals surface area contributed by atoms with E-state index < -0.39 is 23.8 Å². The molecule has 5 aliphatic rings. The molecule has 2 aromatic rings. The van der Waals surface area contributed by atoms with Gasteiger partial charge in [-0.2, -0.15) is 5.26 Å². The summed E-state index contributed by atoms with van der Waals surface area (Å²) in [4.78, 5) is 66.6. The highest BCUT2D eigenvalue weighted by Gasteiger charge is 2.46. The van der Waals surface area contributed by atoms with Gasteiger partial charge in [-0.3, -0.25) is 34.2 Å². The second-order valence-corrected chi connectivity index (χ2v) is 14.9. The molecule has 1 unspecified atom stereocenters. The van der Waals surface area contributed by atoms with Crippen molar-refractivity contribution in [3.05, 3.63) is 81.5 Å². The van der Waals surface area contributed by atoms with Gasteiger partial charge in [-0.1, -0.05) is 11.6 Å². The minimum atomic E-state index is -0.944. The monoisotopic (exact) mass is 753 g/mol. The van der Waals surface area contributed by atoms with Crippen LogP contribution in [0, 0.1) is 11.3 Å². The van der Waals surface area contributed by atoms with Crippen molar-refractivity contribution in [1.29, 1.82) is 5.26 Å². The van der Waals surface area contributed by atoms with E-state index >= 15 is 0 Å². The number of carbonyl (C=O) groups excluding carboxylic acids is 5. The molecule has 1 atom stereocenters. The van der Waals surface area contributed by atoms with Crippen LogP contribution in [0.25, 0.3) is 0 Å². The predicted molar refractivity (Wildman–Crippen MR) is 200 cm³/mol. The van der Waals surface area contributed by atoms with Crippen molar-refractivity contribution in [1.82, 2.24) is 25.8 Å². The maximum absolute atomic E-state index is 13.3. The quantitative estimate of drug-likeness (QED) is 0.195. The summed E-state index contributed by atoms with van der Waals surface area (Å²) in [6.45, 7) is 3.19. The molecule has 13 nitrogen and oxygen atoms in total. The van der Waals surface area contributed by atoms with Crippen LogP contribution in [0.15, 0.2) is 65.4 Å². The summed E-state index contributed by atoms with van der Waals surface area (Å²) in [6, 6.07) is 14.2. The fourth-order valence-corrected chi connectivity index (χ4v) is 8.21. The molecule has 282 valence electrons. The number of imide groups is 2. The largest absolute Gasteiger partial charge is 0.490 e. The van der Waals surface area contributed by atoms with E-state index in [1.807, 2.05) is 30.3 Å². The molecule has 14 heteroatoms. The first-order chi connectivity index (χ1) is 26.2. The van der Waals surface area contributed by atoms with Crippen molar-refractivity contribution >= 4 is 46.8 Å². The first kappa shape index (κ1) is 37.1. The van der Waals surface area contributed by atoms with Gasteiger partial charge in [-0.05, 0) is 100 Å². The van der Waals surface area contributed by atoms with Crippen molar-refractivity contribution in [2.24, 2.45) is 0 Å². The van der Waals surface area contributed by atoms with Crippen LogP contribution in [0.4, 0.5) is 5.69 Å². The summed E-state index contributed by atoms with van der Waals surface area (Å²) in [5.74, 6) is -1.27. The average molecular weight is 754 g/mol. The number of likely N-dealkylation sites (tertiary alicyclic amines) is 1. The van der Waals surface area contributed by atoms with Gasteiger partial charge in [0.1, 0.15) is 17.9 Å². The standard InChI is InChI=1S/C40H44ClN7O6/c41-34-22-31(9-3-25(34)23-42)54-30-10-6-28(7-11-30)45-37(50)24-1-4-26(5-2-24)43-17-18-44-27-15-19-47(20-16-27)29-8-12-32-33(21-29)40(53)48(39(32)52)35-13-14-36(49)46-38(35)51/h1-5,9,21-22,27-28,30,35,43-44H,6-8,10-20H2,(H,45,50)(H,46,49,51). The van der Waals surface area contributed by atoms with Crippen LogP contribution in [-0.4, -0.2) is 89.7 Å². The van der Waals surface area contributed by atoms with Crippen LogP contribution in [0.3, 0.4) is 0 Å². The Morgan fingerprint density at radius 3 is 2.35 bits per heavy atom. The first-order valence-electron chi connectivity index (χ1n) is 18.8. The molecule has 0 bridgehead atoms. The van der Waals surface area contributed by atoms with Gasteiger partial charge >= 0.3 is 0 Å². The lowest BCUT2D eigenvalue weighted by Crippen LogP contribution is -2.54. The molecule has 1 saturated carbocycles. The number of anilines is 1. The molecule has 0 aromatic heterocycles. The van der Waals surface area contributed by atoms with Gasteiger partial charge < -0.3 is 25.6 Å². The van der Waals surface area contributed by atoms with E-state index in [1.165, 1.54) is 0 Å². The van der Waals surface area contributed by atoms with Crippen LogP contribution in [0.5, 0.6) is 5.75 Å². The van der Waals surface area contributed by atoms with Crippen molar-refractivity contribution < 1.29 is 28.7 Å². The summed E-state index contributed by atoms with van der Waals surface area (Å²) in [5.41, 5.74) is 3.86. The van der Waals surface area contributed by atoms with E-state index in [-0.39, 0.29) is 36.8 Å². The number of nitriles is 1. The minimum Gasteiger partial charge on any atom is -0.490 e. The highest BCUT2D eigenvalue weighted by molar-refractivity contribution is 6.31. The molecule has 0 spiro atoms. The Balaban J connectivity index is 0.792. The molecule has 4 N–H and O–H groups in total. The molecule has 2 aliphatic carbocycles. The van der Waals surface area contributed by atoms with Gasteiger partial charge in [0.25, 0.3) is 17.7 Å². The molecule has 5 amide bonds. The van der Waals surface area contributed by atoms with Gasteiger partial charge in [-0.25, -0.2) is 0 Å². The number of carbonyl (C=O) groups is 5. The average Bonchev–Trinajstić information content (AvgIpc) is 3.42. The highest BCUT2D eigenvalue weighted by atomic mass is 35.5. The molecular formula is C40H44ClN7O6. The summed E-state index contributed by atoms with van der Waals surface area (Å²) >= 11 is 6.13. The van der Waals surface area contributed by atoms with Crippen molar-refractivity contribution in [3.63, 3.8) is 0 Å². The Morgan fingerprint density at radius 2 is 1.65 bits per heavy atom.